The molecule has 6 nitrogen and oxygen atoms in total. The number of sulfonamides is 1. The maximum atomic E-state index is 12.7. The molecule has 0 unspecified atom stereocenters. The van der Waals surface area contributed by atoms with Gasteiger partial charge in [0.05, 0.1) is 9.74 Å². The van der Waals surface area contributed by atoms with Crippen molar-refractivity contribution in [3.05, 3.63) is 56.1 Å². The third kappa shape index (κ3) is 4.20. The zero-order valence-electron chi connectivity index (χ0n) is 14.9. The van der Waals surface area contributed by atoms with Crippen molar-refractivity contribution in [1.82, 2.24) is 5.32 Å². The Morgan fingerprint density at radius 2 is 2.04 bits per heavy atom. The van der Waals surface area contributed by atoms with Crippen LogP contribution in [0, 0.1) is 0 Å². The number of benzene rings is 1. The summed E-state index contributed by atoms with van der Waals surface area (Å²) in [7, 11) is -3.89. The zero-order chi connectivity index (χ0) is 19.7. The molecule has 9 heteroatoms. The predicted octanol–water partition coefficient (Wildman–Crippen LogP) is 3.23. The number of halogens is 1. The topological polar surface area (TPSA) is 78.8 Å². The first-order chi connectivity index (χ1) is 13.4. The highest BCUT2D eigenvalue weighted by molar-refractivity contribution is 7.93. The van der Waals surface area contributed by atoms with Gasteiger partial charge in [0.25, 0.3) is 15.9 Å². The molecule has 2 aliphatic rings. The van der Waals surface area contributed by atoms with Gasteiger partial charge >= 0.3 is 0 Å². The second-order valence-corrected chi connectivity index (χ2v) is 9.82. The number of carbonyl (C=O) groups excluding carboxylic acids is 1. The molecule has 3 heterocycles. The normalized spacial score (nSPS) is 19.0. The number of hydrogen-bond acceptors (Lipinski definition) is 5. The maximum Gasteiger partial charge on any atom is 0.275 e. The number of fused-ring (bicyclic) bond motifs is 1. The average Bonchev–Trinajstić information content (AvgIpc) is 3.25. The van der Waals surface area contributed by atoms with E-state index in [1.165, 1.54) is 28.5 Å². The first kappa shape index (κ1) is 19.3. The molecule has 1 aromatic carbocycles. The Kier molecular flexibility index (Phi) is 5.37. The molecule has 1 N–H and O–H groups in total. The average molecular weight is 436 g/mol. The van der Waals surface area contributed by atoms with Crippen molar-refractivity contribution in [3.8, 4) is 0 Å². The van der Waals surface area contributed by atoms with E-state index in [2.05, 4.69) is 9.71 Å². The summed E-state index contributed by atoms with van der Waals surface area (Å²) in [5.41, 5.74) is 3.29. The van der Waals surface area contributed by atoms with Crippen LogP contribution in [0.1, 0.15) is 22.4 Å². The highest BCUT2D eigenvalue weighted by Gasteiger charge is 2.30. The van der Waals surface area contributed by atoms with Gasteiger partial charge < -0.3 is 10.2 Å². The summed E-state index contributed by atoms with van der Waals surface area (Å²) >= 11 is 7.11. The summed E-state index contributed by atoms with van der Waals surface area (Å²) < 4.78 is 28.8. The summed E-state index contributed by atoms with van der Waals surface area (Å²) in [6, 6.07) is 9.37. The number of amides is 1. The molecule has 28 heavy (non-hydrogen) atoms. The van der Waals surface area contributed by atoms with Crippen molar-refractivity contribution in [2.45, 2.75) is 19.4 Å². The van der Waals surface area contributed by atoms with Crippen LogP contribution < -0.4 is 10.2 Å². The van der Waals surface area contributed by atoms with E-state index in [1.54, 1.807) is 17.0 Å². The Labute approximate surface area is 172 Å². The van der Waals surface area contributed by atoms with E-state index in [0.717, 1.165) is 30.6 Å². The Hall–Kier alpha value is -2.00. The minimum atomic E-state index is -3.89. The van der Waals surface area contributed by atoms with Crippen molar-refractivity contribution in [2.75, 3.05) is 18.0 Å². The van der Waals surface area contributed by atoms with Crippen molar-refractivity contribution >= 4 is 56.3 Å². The number of rotatable bonds is 4. The van der Waals surface area contributed by atoms with Crippen LogP contribution in [0.4, 0.5) is 5.69 Å². The van der Waals surface area contributed by atoms with Gasteiger partial charge in [-0.3, -0.25) is 4.79 Å². The number of nitrogens with one attached hydrogen (secondary N) is 1. The molecule has 2 aliphatic heterocycles. The van der Waals surface area contributed by atoms with Crippen molar-refractivity contribution in [3.63, 3.8) is 0 Å². The third-order valence-electron chi connectivity index (χ3n) is 4.69. The van der Waals surface area contributed by atoms with Crippen LogP contribution in [-0.4, -0.2) is 33.1 Å². The quantitative estimate of drug-likeness (QED) is 0.799. The van der Waals surface area contributed by atoms with Gasteiger partial charge in [-0.05, 0) is 54.4 Å². The van der Waals surface area contributed by atoms with Gasteiger partial charge in [-0.15, -0.1) is 11.3 Å². The minimum Gasteiger partial charge on any atom is -0.312 e. The fourth-order valence-electron chi connectivity index (χ4n) is 3.30. The lowest BCUT2D eigenvalue weighted by Gasteiger charge is -2.21. The number of nitrogens with zero attached hydrogens (tertiary/aromatic N) is 2. The highest BCUT2D eigenvalue weighted by atomic mass is 35.5. The third-order valence-corrected chi connectivity index (χ3v) is 6.84. The van der Waals surface area contributed by atoms with Crippen LogP contribution in [0.25, 0.3) is 6.08 Å². The summed E-state index contributed by atoms with van der Waals surface area (Å²) in [6.45, 7) is 2.15. The molecule has 0 atom stereocenters. The van der Waals surface area contributed by atoms with Crippen LogP contribution in [-0.2, 0) is 27.8 Å². The standard InChI is InChI=1S/C19H18ClN3O3S2/c20-18-4-3-16(27-18)7-10-28(25,26)22-17-6-9-23(19(17)24)15-2-1-13-5-8-21-12-14(13)11-15/h1-4,7,10-11,21H,5-6,8-9,12H2/b10-7+,22-17?. The highest BCUT2D eigenvalue weighted by Crippen LogP contribution is 2.26. The van der Waals surface area contributed by atoms with E-state index in [-0.39, 0.29) is 11.6 Å². The van der Waals surface area contributed by atoms with Gasteiger partial charge in [-0.25, -0.2) is 0 Å². The predicted molar refractivity (Wildman–Crippen MR) is 114 cm³/mol. The Morgan fingerprint density at radius 1 is 1.18 bits per heavy atom. The van der Waals surface area contributed by atoms with Crippen LogP contribution in [0.15, 0.2) is 40.1 Å². The summed E-state index contributed by atoms with van der Waals surface area (Å²) in [5, 5.41) is 4.32. The van der Waals surface area contributed by atoms with Gasteiger partial charge in [-0.2, -0.15) is 12.8 Å². The smallest absolute Gasteiger partial charge is 0.275 e. The second-order valence-electron chi connectivity index (χ2n) is 6.58. The first-order valence-electron chi connectivity index (χ1n) is 8.83. The number of carbonyl (C=O) groups is 1. The van der Waals surface area contributed by atoms with Gasteiger partial charge in [0.2, 0.25) is 0 Å². The molecule has 0 aliphatic carbocycles. The molecule has 1 amide bonds. The molecular weight excluding hydrogens is 418 g/mol. The second kappa shape index (κ2) is 7.79. The minimum absolute atomic E-state index is 0.0599. The SMILES string of the molecule is O=C1C(=NS(=O)(=O)/C=C/c2ccc(Cl)s2)CCN1c1ccc2c(c1)CNCC2. The molecule has 0 saturated carbocycles. The molecule has 1 fully saturated rings. The largest absolute Gasteiger partial charge is 0.312 e. The number of anilines is 1. The lowest BCUT2D eigenvalue weighted by molar-refractivity contribution is -0.111. The van der Waals surface area contributed by atoms with E-state index < -0.39 is 10.0 Å². The van der Waals surface area contributed by atoms with E-state index in [4.69, 9.17) is 11.6 Å². The zero-order valence-corrected chi connectivity index (χ0v) is 17.3. The fraction of sp³-hybridized carbons (Fsp3) is 0.263. The first-order valence-corrected chi connectivity index (χ1v) is 11.5. The summed E-state index contributed by atoms with van der Waals surface area (Å²) in [4.78, 5) is 15.0. The summed E-state index contributed by atoms with van der Waals surface area (Å²) in [6.07, 6.45) is 2.70. The van der Waals surface area contributed by atoms with E-state index >= 15 is 0 Å². The Morgan fingerprint density at radius 3 is 2.82 bits per heavy atom. The Balaban J connectivity index is 1.52. The van der Waals surface area contributed by atoms with Gasteiger partial charge in [0.15, 0.2) is 0 Å². The lowest BCUT2D eigenvalue weighted by atomic mass is 10.0. The van der Waals surface area contributed by atoms with Gasteiger partial charge in [0, 0.05) is 30.1 Å². The van der Waals surface area contributed by atoms with Crippen LogP contribution >= 0.6 is 22.9 Å². The molecule has 1 saturated heterocycles. The van der Waals surface area contributed by atoms with E-state index in [1.807, 2.05) is 18.2 Å². The van der Waals surface area contributed by atoms with E-state index in [9.17, 15) is 13.2 Å². The Bertz CT molecular complexity index is 1090. The molecule has 146 valence electrons. The molecule has 2 aromatic rings. The lowest BCUT2D eigenvalue weighted by Crippen LogP contribution is -2.28. The van der Waals surface area contributed by atoms with Crippen molar-refractivity contribution in [1.29, 1.82) is 0 Å². The molecule has 4 rings (SSSR count). The van der Waals surface area contributed by atoms with Crippen molar-refractivity contribution < 1.29 is 13.2 Å². The van der Waals surface area contributed by atoms with E-state index in [0.29, 0.717) is 22.2 Å². The van der Waals surface area contributed by atoms with Crippen LogP contribution in [0.2, 0.25) is 4.34 Å². The fourth-order valence-corrected chi connectivity index (χ4v) is 5.21. The van der Waals surface area contributed by atoms with Gasteiger partial charge in [-0.1, -0.05) is 17.7 Å². The van der Waals surface area contributed by atoms with Crippen LogP contribution in [0.3, 0.4) is 0 Å². The molecular formula is C19H18ClN3O3S2. The molecule has 0 spiro atoms. The van der Waals surface area contributed by atoms with Crippen LogP contribution in [0.5, 0.6) is 0 Å². The van der Waals surface area contributed by atoms with Gasteiger partial charge in [0.1, 0.15) is 5.71 Å². The number of thiophene rings is 1. The molecule has 0 radical (unpaired) electrons. The van der Waals surface area contributed by atoms with Crippen molar-refractivity contribution in [2.24, 2.45) is 4.40 Å². The number of hydrogen-bond donors (Lipinski definition) is 1. The monoisotopic (exact) mass is 435 g/mol. The summed E-state index contributed by atoms with van der Waals surface area (Å²) in [5.74, 6) is -0.361. The molecule has 0 bridgehead atoms. The maximum absolute atomic E-state index is 12.7. The molecule has 1 aromatic heterocycles.